The lowest BCUT2D eigenvalue weighted by atomic mass is 10.1. The first-order valence-corrected chi connectivity index (χ1v) is 7.47. The van der Waals surface area contributed by atoms with E-state index in [4.69, 9.17) is 0 Å². The smallest absolute Gasteiger partial charge is 0.271 e. The van der Waals surface area contributed by atoms with Crippen molar-refractivity contribution in [3.8, 4) is 0 Å². The van der Waals surface area contributed by atoms with Gasteiger partial charge in [0.2, 0.25) is 5.91 Å². The summed E-state index contributed by atoms with van der Waals surface area (Å²) in [6.07, 6.45) is 0.620. The molecule has 0 saturated heterocycles. The molecule has 5 nitrogen and oxygen atoms in total. The fourth-order valence-corrected chi connectivity index (χ4v) is 2.33. The number of aryl methyl sites for hydroxylation is 1. The van der Waals surface area contributed by atoms with Gasteiger partial charge in [-0.15, -0.1) is 0 Å². The van der Waals surface area contributed by atoms with Crippen LogP contribution in [0.2, 0.25) is 0 Å². The van der Waals surface area contributed by atoms with Gasteiger partial charge in [0.1, 0.15) is 5.71 Å². The van der Waals surface area contributed by atoms with Gasteiger partial charge in [0.05, 0.1) is 5.69 Å². The van der Waals surface area contributed by atoms with Gasteiger partial charge in [-0.3, -0.25) is 9.59 Å². The number of hydrogen-bond donors (Lipinski definition) is 1. The van der Waals surface area contributed by atoms with Gasteiger partial charge < -0.3 is 5.32 Å². The molecule has 0 atom stereocenters. The lowest BCUT2D eigenvalue weighted by Gasteiger charge is -2.23. The molecule has 1 aliphatic heterocycles. The van der Waals surface area contributed by atoms with Crippen LogP contribution in [0.3, 0.4) is 0 Å². The maximum Gasteiger partial charge on any atom is 0.271 e. The summed E-state index contributed by atoms with van der Waals surface area (Å²) in [5, 5.41) is 8.36. The zero-order valence-corrected chi connectivity index (χ0v) is 12.8. The molecule has 2 aromatic carbocycles. The Kier molecular flexibility index (Phi) is 4.19. The Morgan fingerprint density at radius 1 is 1.04 bits per heavy atom. The van der Waals surface area contributed by atoms with Crippen molar-refractivity contribution < 1.29 is 9.59 Å². The predicted octanol–water partition coefficient (Wildman–Crippen LogP) is 3.12. The summed E-state index contributed by atoms with van der Waals surface area (Å²) < 4.78 is 0. The quantitative estimate of drug-likeness (QED) is 0.947. The Morgan fingerprint density at radius 2 is 1.74 bits per heavy atom. The molecule has 0 saturated carbocycles. The van der Waals surface area contributed by atoms with Crippen LogP contribution in [0.4, 0.5) is 11.4 Å². The minimum absolute atomic E-state index is 0.106. The molecule has 2 aromatic rings. The van der Waals surface area contributed by atoms with E-state index in [2.05, 4.69) is 10.4 Å². The van der Waals surface area contributed by atoms with Crippen molar-refractivity contribution in [2.24, 2.45) is 5.10 Å². The number of nitrogens with zero attached hydrogens (tertiary/aromatic N) is 2. The van der Waals surface area contributed by atoms with Crippen molar-refractivity contribution >= 4 is 28.9 Å². The molecule has 5 heteroatoms. The molecule has 0 aliphatic carbocycles. The van der Waals surface area contributed by atoms with E-state index < -0.39 is 0 Å². The molecule has 23 heavy (non-hydrogen) atoms. The highest BCUT2D eigenvalue weighted by Crippen LogP contribution is 2.21. The van der Waals surface area contributed by atoms with E-state index in [0.29, 0.717) is 23.5 Å². The first kappa shape index (κ1) is 15.0. The SMILES string of the molecule is Cc1ccc(N2N=C(C(=O)Nc3ccccc3)CCC2=O)cc1. The minimum atomic E-state index is -0.277. The topological polar surface area (TPSA) is 61.8 Å². The summed E-state index contributed by atoms with van der Waals surface area (Å²) >= 11 is 0. The summed E-state index contributed by atoms with van der Waals surface area (Å²) in [6.45, 7) is 1.98. The van der Waals surface area contributed by atoms with Gasteiger partial charge in [0, 0.05) is 18.5 Å². The average molecular weight is 307 g/mol. The van der Waals surface area contributed by atoms with E-state index >= 15 is 0 Å². The third-order valence-electron chi connectivity index (χ3n) is 3.60. The number of anilines is 2. The molecule has 116 valence electrons. The van der Waals surface area contributed by atoms with E-state index in [9.17, 15) is 9.59 Å². The normalized spacial score (nSPS) is 14.4. The largest absolute Gasteiger partial charge is 0.321 e. The van der Waals surface area contributed by atoms with Crippen LogP contribution in [0.5, 0.6) is 0 Å². The molecule has 1 aliphatic rings. The fraction of sp³-hybridized carbons (Fsp3) is 0.167. The second-order valence-electron chi connectivity index (χ2n) is 5.41. The summed E-state index contributed by atoms with van der Waals surface area (Å²) in [5.41, 5.74) is 2.84. The van der Waals surface area contributed by atoms with Crippen molar-refractivity contribution in [2.75, 3.05) is 10.3 Å². The Hall–Kier alpha value is -2.95. The maximum absolute atomic E-state index is 12.3. The van der Waals surface area contributed by atoms with Crippen LogP contribution in [0.25, 0.3) is 0 Å². The lowest BCUT2D eigenvalue weighted by Crippen LogP contribution is -2.36. The molecule has 0 bridgehead atoms. The third-order valence-corrected chi connectivity index (χ3v) is 3.60. The minimum Gasteiger partial charge on any atom is -0.321 e. The van der Waals surface area contributed by atoms with Gasteiger partial charge in [-0.1, -0.05) is 35.9 Å². The molecule has 1 heterocycles. The number of hydrazone groups is 1. The number of carbonyl (C=O) groups excluding carboxylic acids is 2. The van der Waals surface area contributed by atoms with Crippen molar-refractivity contribution in [1.29, 1.82) is 0 Å². The van der Waals surface area contributed by atoms with Gasteiger partial charge >= 0.3 is 0 Å². The molecule has 0 spiro atoms. The van der Waals surface area contributed by atoms with Gasteiger partial charge in [0.15, 0.2) is 0 Å². The molecule has 0 radical (unpaired) electrons. The summed E-state index contributed by atoms with van der Waals surface area (Å²) in [7, 11) is 0. The van der Waals surface area contributed by atoms with Crippen molar-refractivity contribution in [3.63, 3.8) is 0 Å². The van der Waals surface area contributed by atoms with Crippen LogP contribution in [0.1, 0.15) is 18.4 Å². The second-order valence-corrected chi connectivity index (χ2v) is 5.41. The van der Waals surface area contributed by atoms with E-state index in [1.54, 1.807) is 0 Å². The van der Waals surface area contributed by atoms with Crippen molar-refractivity contribution in [2.45, 2.75) is 19.8 Å². The third kappa shape index (κ3) is 3.45. The molecule has 2 amide bonds. The highest BCUT2D eigenvalue weighted by Gasteiger charge is 2.25. The predicted molar refractivity (Wildman–Crippen MR) is 90.4 cm³/mol. The molecule has 3 rings (SSSR count). The fourth-order valence-electron chi connectivity index (χ4n) is 2.33. The van der Waals surface area contributed by atoms with Crippen LogP contribution in [0, 0.1) is 6.92 Å². The highest BCUT2D eigenvalue weighted by molar-refractivity contribution is 6.44. The molecular weight excluding hydrogens is 290 g/mol. The van der Waals surface area contributed by atoms with Crippen molar-refractivity contribution in [1.82, 2.24) is 0 Å². The number of carbonyl (C=O) groups is 2. The van der Waals surface area contributed by atoms with E-state index in [-0.39, 0.29) is 18.2 Å². The van der Waals surface area contributed by atoms with E-state index in [1.165, 1.54) is 5.01 Å². The monoisotopic (exact) mass is 307 g/mol. The summed E-state index contributed by atoms with van der Waals surface area (Å²) in [5.74, 6) is -0.383. The summed E-state index contributed by atoms with van der Waals surface area (Å²) in [6, 6.07) is 16.7. The Bertz CT molecular complexity index is 752. The van der Waals surface area contributed by atoms with Gasteiger partial charge in [-0.05, 0) is 31.2 Å². The molecule has 1 N–H and O–H groups in total. The molecule has 0 aromatic heterocycles. The van der Waals surface area contributed by atoms with E-state index in [0.717, 1.165) is 5.56 Å². The number of benzene rings is 2. The van der Waals surface area contributed by atoms with Crippen LogP contribution in [0.15, 0.2) is 59.7 Å². The average Bonchev–Trinajstić information content (AvgIpc) is 2.57. The maximum atomic E-state index is 12.3. The van der Waals surface area contributed by atoms with Gasteiger partial charge in [0.25, 0.3) is 5.91 Å². The van der Waals surface area contributed by atoms with Gasteiger partial charge in [-0.2, -0.15) is 5.10 Å². The second kappa shape index (κ2) is 6.44. The van der Waals surface area contributed by atoms with Crippen LogP contribution in [-0.4, -0.2) is 17.5 Å². The highest BCUT2D eigenvalue weighted by atomic mass is 16.2. The van der Waals surface area contributed by atoms with Gasteiger partial charge in [-0.25, -0.2) is 5.01 Å². The number of nitrogens with one attached hydrogen (secondary N) is 1. The summed E-state index contributed by atoms with van der Waals surface area (Å²) in [4.78, 5) is 24.4. The van der Waals surface area contributed by atoms with Crippen LogP contribution < -0.4 is 10.3 Å². The molecular formula is C18H17N3O2. The Morgan fingerprint density at radius 3 is 2.43 bits per heavy atom. The zero-order valence-electron chi connectivity index (χ0n) is 12.8. The van der Waals surface area contributed by atoms with Crippen LogP contribution in [-0.2, 0) is 9.59 Å². The van der Waals surface area contributed by atoms with Crippen LogP contribution >= 0.6 is 0 Å². The van der Waals surface area contributed by atoms with E-state index in [1.807, 2.05) is 61.5 Å². The number of hydrogen-bond acceptors (Lipinski definition) is 3. The van der Waals surface area contributed by atoms with Crippen molar-refractivity contribution in [3.05, 3.63) is 60.2 Å². The number of para-hydroxylation sites is 1. The Balaban J connectivity index is 1.82. The standard InChI is InChI=1S/C18H17N3O2/c1-13-7-9-15(10-8-13)21-17(22)12-11-16(20-21)18(23)19-14-5-3-2-4-6-14/h2-10H,11-12H2,1H3,(H,19,23). The molecule has 0 fully saturated rings. The first-order valence-electron chi connectivity index (χ1n) is 7.47. The molecule has 0 unspecified atom stereocenters. The number of rotatable bonds is 3. The first-order chi connectivity index (χ1) is 11.1. The number of amides is 2. The Labute approximate surface area is 134 Å². The lowest BCUT2D eigenvalue weighted by molar-refractivity contribution is -0.118. The zero-order chi connectivity index (χ0) is 16.2.